The van der Waals surface area contributed by atoms with Gasteiger partial charge in [-0.2, -0.15) is 18.2 Å². The summed E-state index contributed by atoms with van der Waals surface area (Å²) in [7, 11) is 0. The molecule has 36 heavy (non-hydrogen) atoms. The van der Waals surface area contributed by atoms with E-state index in [1.807, 2.05) is 4.40 Å². The molecule has 3 aromatic rings. The maximum Gasteiger partial charge on any atom is 0.416 e. The number of nitrogens with one attached hydrogen (secondary N) is 1. The molecule has 7 nitrogen and oxygen atoms in total. The van der Waals surface area contributed by atoms with Gasteiger partial charge in [0.1, 0.15) is 11.6 Å². The standard InChI is InChI=1S/C26H32F3N7/c1-5-25(7-6-8-25)16(4)35-13-20-21(14-35)36-23(15(2)3)33-34-24(36)32-22(20)31-12-17-9-18(26(27,28)29)11-19(30)10-17/h9-11,15H,4-8,12-14,30H2,1-3H3,(H,31,32,34). The van der Waals surface area contributed by atoms with Crippen LogP contribution < -0.4 is 11.1 Å². The molecule has 2 aromatic heterocycles. The van der Waals surface area contributed by atoms with Gasteiger partial charge < -0.3 is 16.0 Å². The third kappa shape index (κ3) is 4.06. The van der Waals surface area contributed by atoms with Gasteiger partial charge in [0.05, 0.1) is 17.8 Å². The second-order valence-electron chi connectivity index (χ2n) is 10.3. The van der Waals surface area contributed by atoms with Crippen molar-refractivity contribution >= 4 is 17.3 Å². The molecule has 3 heterocycles. The highest BCUT2D eigenvalue weighted by atomic mass is 19.4. The van der Waals surface area contributed by atoms with Gasteiger partial charge in [-0.25, -0.2) is 0 Å². The number of nitrogens with two attached hydrogens (primary N) is 1. The van der Waals surface area contributed by atoms with E-state index in [4.69, 9.17) is 10.7 Å². The first-order valence-corrected chi connectivity index (χ1v) is 12.4. The van der Waals surface area contributed by atoms with Crippen molar-refractivity contribution in [2.45, 2.75) is 78.2 Å². The topological polar surface area (TPSA) is 84.4 Å². The molecule has 1 fully saturated rings. The second-order valence-corrected chi connectivity index (χ2v) is 10.3. The van der Waals surface area contributed by atoms with Crippen LogP contribution in [0.4, 0.5) is 24.7 Å². The number of nitrogen functional groups attached to an aromatic ring is 1. The molecule has 0 spiro atoms. The zero-order chi connectivity index (χ0) is 25.8. The fourth-order valence-corrected chi connectivity index (χ4v) is 5.48. The van der Waals surface area contributed by atoms with E-state index in [2.05, 4.69) is 47.8 Å². The Kier molecular flexibility index (Phi) is 5.88. The Hall–Kier alpha value is -3.30. The summed E-state index contributed by atoms with van der Waals surface area (Å²) in [5, 5.41) is 12.0. The van der Waals surface area contributed by atoms with Gasteiger partial charge in [-0.3, -0.25) is 4.40 Å². The number of rotatable bonds is 7. The highest BCUT2D eigenvalue weighted by Crippen LogP contribution is 2.51. The normalized spacial score (nSPS) is 16.9. The van der Waals surface area contributed by atoms with E-state index in [1.54, 1.807) is 6.07 Å². The molecule has 2 aliphatic rings. The summed E-state index contributed by atoms with van der Waals surface area (Å²) in [4.78, 5) is 7.05. The van der Waals surface area contributed by atoms with Crippen LogP contribution in [0.3, 0.4) is 0 Å². The minimum Gasteiger partial charge on any atom is -0.399 e. The van der Waals surface area contributed by atoms with E-state index in [-0.39, 0.29) is 23.6 Å². The number of alkyl halides is 3. The van der Waals surface area contributed by atoms with Gasteiger partial charge in [0, 0.05) is 41.4 Å². The number of allylic oxidation sites excluding steroid dienone is 1. The van der Waals surface area contributed by atoms with Crippen LogP contribution in [0.25, 0.3) is 5.78 Å². The van der Waals surface area contributed by atoms with Crippen LogP contribution in [0, 0.1) is 5.41 Å². The van der Waals surface area contributed by atoms with Crippen molar-refractivity contribution in [1.82, 2.24) is 24.5 Å². The van der Waals surface area contributed by atoms with Gasteiger partial charge in [-0.1, -0.05) is 33.8 Å². The molecule has 1 aliphatic carbocycles. The minimum absolute atomic E-state index is 0.0714. The molecule has 0 amide bonds. The molecule has 1 aliphatic heterocycles. The summed E-state index contributed by atoms with van der Waals surface area (Å²) in [5.41, 5.74) is 8.84. The lowest BCUT2D eigenvalue weighted by Gasteiger charge is -2.46. The summed E-state index contributed by atoms with van der Waals surface area (Å²) >= 11 is 0. The predicted molar refractivity (Wildman–Crippen MR) is 133 cm³/mol. The number of aromatic nitrogens is 4. The molecular formula is C26H32F3N7. The number of halogens is 3. The Morgan fingerprint density at radius 2 is 1.94 bits per heavy atom. The van der Waals surface area contributed by atoms with E-state index in [1.165, 1.54) is 6.42 Å². The Morgan fingerprint density at radius 1 is 1.19 bits per heavy atom. The minimum atomic E-state index is -4.46. The first kappa shape index (κ1) is 24.4. The van der Waals surface area contributed by atoms with Crippen LogP contribution in [0.15, 0.2) is 30.5 Å². The average molecular weight is 500 g/mol. The fraction of sp³-hybridized carbons (Fsp3) is 0.500. The summed E-state index contributed by atoms with van der Waals surface area (Å²) in [6.07, 6.45) is 0.103. The average Bonchev–Trinajstić information content (AvgIpc) is 3.40. The Balaban J connectivity index is 1.50. The van der Waals surface area contributed by atoms with Crippen molar-refractivity contribution in [2.75, 3.05) is 11.1 Å². The quantitative estimate of drug-likeness (QED) is 0.396. The van der Waals surface area contributed by atoms with Gasteiger partial charge in [0.25, 0.3) is 5.78 Å². The van der Waals surface area contributed by atoms with Crippen LogP contribution in [0.5, 0.6) is 0 Å². The number of fused-ring (bicyclic) bond motifs is 3. The van der Waals surface area contributed by atoms with Crippen molar-refractivity contribution in [3.8, 4) is 0 Å². The van der Waals surface area contributed by atoms with Gasteiger partial charge in [0.2, 0.25) is 0 Å². The van der Waals surface area contributed by atoms with Crippen molar-refractivity contribution in [3.63, 3.8) is 0 Å². The Bertz CT molecular complexity index is 1320. The van der Waals surface area contributed by atoms with Crippen molar-refractivity contribution in [2.24, 2.45) is 5.41 Å². The van der Waals surface area contributed by atoms with Crippen LogP contribution in [0.1, 0.15) is 80.6 Å². The molecule has 1 aromatic carbocycles. The van der Waals surface area contributed by atoms with Gasteiger partial charge in [-0.05, 0) is 43.0 Å². The van der Waals surface area contributed by atoms with Crippen molar-refractivity contribution in [3.05, 3.63) is 58.7 Å². The molecule has 0 saturated heterocycles. The molecule has 10 heteroatoms. The molecule has 0 bridgehead atoms. The SMILES string of the molecule is C=C(N1Cc2c(NCc3cc(N)cc(C(F)(F)F)c3)nc3nnc(C(C)C)n3c2C1)C1(CC)CCC1. The zero-order valence-electron chi connectivity index (χ0n) is 20.9. The lowest BCUT2D eigenvalue weighted by molar-refractivity contribution is -0.137. The highest BCUT2D eigenvalue weighted by Gasteiger charge is 2.42. The Morgan fingerprint density at radius 3 is 2.56 bits per heavy atom. The van der Waals surface area contributed by atoms with Crippen LogP contribution >= 0.6 is 0 Å². The summed E-state index contributed by atoms with van der Waals surface area (Å²) in [6.45, 7) is 12.3. The smallest absolute Gasteiger partial charge is 0.399 e. The van der Waals surface area contributed by atoms with Gasteiger partial charge in [-0.15, -0.1) is 10.2 Å². The van der Waals surface area contributed by atoms with Gasteiger partial charge >= 0.3 is 6.18 Å². The number of anilines is 2. The summed E-state index contributed by atoms with van der Waals surface area (Å²) in [6, 6.07) is 3.61. The number of nitrogens with zero attached hydrogens (tertiary/aromatic N) is 5. The summed E-state index contributed by atoms with van der Waals surface area (Å²) in [5.74, 6) is 2.08. The first-order chi connectivity index (χ1) is 17.0. The van der Waals surface area contributed by atoms with Crippen molar-refractivity contribution < 1.29 is 13.2 Å². The van der Waals surface area contributed by atoms with E-state index in [0.29, 0.717) is 30.2 Å². The van der Waals surface area contributed by atoms with Crippen molar-refractivity contribution in [1.29, 1.82) is 0 Å². The van der Waals surface area contributed by atoms with Crippen LogP contribution in [-0.2, 0) is 25.8 Å². The summed E-state index contributed by atoms with van der Waals surface area (Å²) < 4.78 is 41.9. The number of benzene rings is 1. The largest absolute Gasteiger partial charge is 0.416 e. The number of hydrogen-bond acceptors (Lipinski definition) is 6. The maximum atomic E-state index is 13.3. The molecule has 192 valence electrons. The maximum absolute atomic E-state index is 13.3. The van der Waals surface area contributed by atoms with Crippen LogP contribution in [-0.4, -0.2) is 24.5 Å². The molecule has 0 atom stereocenters. The third-order valence-electron chi connectivity index (χ3n) is 7.78. The Labute approximate surface area is 208 Å². The van der Waals surface area contributed by atoms with E-state index < -0.39 is 11.7 Å². The van der Waals surface area contributed by atoms with Crippen LogP contribution in [0.2, 0.25) is 0 Å². The second kappa shape index (κ2) is 8.67. The molecular weight excluding hydrogens is 467 g/mol. The molecule has 5 rings (SSSR count). The molecule has 1 saturated carbocycles. The monoisotopic (exact) mass is 499 g/mol. The molecule has 0 unspecified atom stereocenters. The van der Waals surface area contributed by atoms with E-state index >= 15 is 0 Å². The fourth-order valence-electron chi connectivity index (χ4n) is 5.48. The highest BCUT2D eigenvalue weighted by molar-refractivity contribution is 5.56. The first-order valence-electron chi connectivity index (χ1n) is 12.4. The predicted octanol–water partition coefficient (Wildman–Crippen LogP) is 5.87. The lowest BCUT2D eigenvalue weighted by Crippen LogP contribution is -2.37. The molecule has 0 radical (unpaired) electrons. The van der Waals surface area contributed by atoms with Gasteiger partial charge in [0.15, 0.2) is 0 Å². The van der Waals surface area contributed by atoms with E-state index in [0.717, 1.165) is 54.2 Å². The number of hydrogen-bond donors (Lipinski definition) is 2. The third-order valence-corrected chi connectivity index (χ3v) is 7.78. The molecule has 3 N–H and O–H groups in total. The zero-order valence-corrected chi connectivity index (χ0v) is 20.9. The lowest BCUT2D eigenvalue weighted by atomic mass is 9.65. The van der Waals surface area contributed by atoms with E-state index in [9.17, 15) is 13.2 Å².